The number of halogens is 1. The first-order chi connectivity index (χ1) is 8.74. The van der Waals surface area contributed by atoms with E-state index in [9.17, 15) is 9.90 Å². The molecule has 0 unspecified atom stereocenters. The minimum Gasteiger partial charge on any atom is -0.546 e. The van der Waals surface area contributed by atoms with Crippen molar-refractivity contribution in [3.63, 3.8) is 0 Å². The Kier molecular flexibility index (Phi) is 4.58. The van der Waals surface area contributed by atoms with Crippen molar-refractivity contribution in [2.75, 3.05) is 6.61 Å². The number of benzene rings is 2. The summed E-state index contributed by atoms with van der Waals surface area (Å²) in [4.78, 5) is 10.3. The molecule has 2 aromatic rings. The molecule has 0 aromatic heterocycles. The molecule has 3 nitrogen and oxygen atoms in total. The Balaban J connectivity index is 1.97. The molecule has 2 aromatic carbocycles. The zero-order valence-corrected chi connectivity index (χ0v) is 11.7. The van der Waals surface area contributed by atoms with Crippen LogP contribution in [0.1, 0.15) is 0 Å². The lowest BCUT2D eigenvalue weighted by molar-refractivity contribution is -0.597. The number of hydrogen-bond acceptors (Lipinski definition) is 3. The number of carboxylic acids is 1. The Labute approximate surface area is 116 Å². The third-order valence-corrected chi connectivity index (χ3v) is 4.81. The molecule has 4 heteroatoms. The molecule has 0 amide bonds. The second-order valence-corrected chi connectivity index (χ2v) is 6.54. The maximum atomic E-state index is 10.3. The highest BCUT2D eigenvalue weighted by Gasteiger charge is 2.14. The van der Waals surface area contributed by atoms with Gasteiger partial charge in [0.1, 0.15) is 12.4 Å². The maximum absolute atomic E-state index is 10.3. The lowest BCUT2D eigenvalue weighted by Gasteiger charge is -2.05. The second-order valence-electron chi connectivity index (χ2n) is 3.50. The summed E-state index contributed by atoms with van der Waals surface area (Å²) < 4.78 is 7.63. The van der Waals surface area contributed by atoms with Crippen LogP contribution in [0.4, 0.5) is 0 Å². The molecule has 0 atom stereocenters. The average Bonchev–Trinajstić information content (AvgIpc) is 2.39. The molecule has 0 bridgehead atoms. The Bertz CT molecular complexity index is 508. The number of carboxylic acid groups (broad SMARTS) is 1. The third-order valence-electron chi connectivity index (χ3n) is 2.12. The SMILES string of the molecule is O=C([O-])COc1ccc([I+]c2ccccc2)cc1. The largest absolute Gasteiger partial charge is 0.546 e. The van der Waals surface area contributed by atoms with Gasteiger partial charge in [0.15, 0.2) is 7.14 Å². The van der Waals surface area contributed by atoms with Gasteiger partial charge in [0.25, 0.3) is 0 Å². The number of hydrogen-bond donors (Lipinski definition) is 0. The summed E-state index contributed by atoms with van der Waals surface area (Å²) in [5.74, 6) is -0.657. The topological polar surface area (TPSA) is 49.4 Å². The van der Waals surface area contributed by atoms with Crippen molar-refractivity contribution in [2.45, 2.75) is 0 Å². The van der Waals surface area contributed by atoms with Crippen LogP contribution in [0.3, 0.4) is 0 Å². The molecule has 18 heavy (non-hydrogen) atoms. The van der Waals surface area contributed by atoms with E-state index in [1.165, 1.54) is 7.14 Å². The molecule has 0 heterocycles. The molecule has 92 valence electrons. The lowest BCUT2D eigenvalue weighted by atomic mass is 10.3. The van der Waals surface area contributed by atoms with Crippen LogP contribution in [0, 0.1) is 7.14 Å². The molecule has 0 saturated carbocycles. The Hall–Kier alpha value is -1.56. The van der Waals surface area contributed by atoms with Crippen LogP contribution in [-0.2, 0) is 4.79 Å². The Morgan fingerprint density at radius 2 is 1.61 bits per heavy atom. The van der Waals surface area contributed by atoms with Crippen LogP contribution in [0.5, 0.6) is 5.75 Å². The van der Waals surface area contributed by atoms with Crippen molar-refractivity contribution in [3.05, 3.63) is 61.7 Å². The molecule has 0 aliphatic rings. The van der Waals surface area contributed by atoms with E-state index in [1.54, 1.807) is 12.1 Å². The van der Waals surface area contributed by atoms with Gasteiger partial charge in [-0.1, -0.05) is 18.2 Å². The first-order valence-electron chi connectivity index (χ1n) is 5.36. The monoisotopic (exact) mass is 354 g/mol. The van der Waals surface area contributed by atoms with Gasteiger partial charge in [0.05, 0.1) is 5.97 Å². The highest BCUT2D eigenvalue weighted by molar-refractivity contribution is 5.66. The molecule has 0 spiro atoms. The van der Waals surface area contributed by atoms with Gasteiger partial charge in [0.2, 0.25) is 0 Å². The zero-order chi connectivity index (χ0) is 12.8. The molecule has 0 aliphatic carbocycles. The number of rotatable bonds is 5. The molecular formula is C14H11IO3. The van der Waals surface area contributed by atoms with Gasteiger partial charge >= 0.3 is 21.2 Å². The van der Waals surface area contributed by atoms with Crippen LogP contribution in [0.2, 0.25) is 0 Å². The highest BCUT2D eigenvalue weighted by atomic mass is 127. The van der Waals surface area contributed by atoms with Crippen molar-refractivity contribution in [1.82, 2.24) is 0 Å². The van der Waals surface area contributed by atoms with Crippen LogP contribution in [-0.4, -0.2) is 12.6 Å². The summed E-state index contributed by atoms with van der Waals surface area (Å²) in [5.41, 5.74) is 0. The lowest BCUT2D eigenvalue weighted by Crippen LogP contribution is -3.61. The predicted molar refractivity (Wildman–Crippen MR) is 60.8 cm³/mol. The van der Waals surface area contributed by atoms with Crippen molar-refractivity contribution in [3.8, 4) is 5.75 Å². The highest BCUT2D eigenvalue weighted by Crippen LogP contribution is 2.07. The molecular weight excluding hydrogens is 343 g/mol. The summed E-state index contributed by atoms with van der Waals surface area (Å²) in [5, 5.41) is 10.3. The smallest absolute Gasteiger partial charge is 0.357 e. The van der Waals surface area contributed by atoms with E-state index < -0.39 is 12.6 Å². The summed E-state index contributed by atoms with van der Waals surface area (Å²) in [7, 11) is 0. The van der Waals surface area contributed by atoms with Gasteiger partial charge in [-0.15, -0.1) is 0 Å². The van der Waals surface area contributed by atoms with Crippen molar-refractivity contribution < 1.29 is 35.8 Å². The third kappa shape index (κ3) is 4.03. The van der Waals surface area contributed by atoms with Crippen LogP contribution in [0.25, 0.3) is 0 Å². The van der Waals surface area contributed by atoms with Crippen LogP contribution >= 0.6 is 0 Å². The van der Waals surface area contributed by atoms with Gasteiger partial charge in [-0.05, 0) is 36.4 Å². The van der Waals surface area contributed by atoms with Crippen LogP contribution < -0.4 is 31.0 Å². The molecule has 0 aliphatic heterocycles. The first kappa shape index (κ1) is 12.9. The van der Waals surface area contributed by atoms with E-state index in [2.05, 4.69) is 12.1 Å². The molecule has 0 N–H and O–H groups in total. The van der Waals surface area contributed by atoms with Crippen molar-refractivity contribution >= 4 is 5.97 Å². The number of carbonyl (C=O) groups is 1. The zero-order valence-electron chi connectivity index (χ0n) is 9.51. The van der Waals surface area contributed by atoms with E-state index >= 15 is 0 Å². The molecule has 2 rings (SSSR count). The first-order valence-corrected chi connectivity index (χ1v) is 7.52. The second kappa shape index (κ2) is 6.39. The molecule has 0 fully saturated rings. The minimum absolute atomic E-state index is 0.191. The van der Waals surface area contributed by atoms with E-state index in [0.29, 0.717) is 5.75 Å². The minimum atomic E-state index is -1.21. The number of aliphatic carboxylic acids is 1. The number of ether oxygens (including phenoxy) is 1. The van der Waals surface area contributed by atoms with Crippen molar-refractivity contribution in [2.24, 2.45) is 0 Å². The van der Waals surface area contributed by atoms with Gasteiger partial charge < -0.3 is 14.6 Å². The fraction of sp³-hybridized carbons (Fsp3) is 0.0714. The van der Waals surface area contributed by atoms with E-state index in [0.717, 1.165) is 0 Å². The van der Waals surface area contributed by atoms with Crippen LogP contribution in [0.15, 0.2) is 54.6 Å². The van der Waals surface area contributed by atoms with Gasteiger partial charge in [0, 0.05) is 0 Å². The van der Waals surface area contributed by atoms with Gasteiger partial charge in [-0.25, -0.2) is 0 Å². The van der Waals surface area contributed by atoms with E-state index in [-0.39, 0.29) is 21.2 Å². The number of carbonyl (C=O) groups excluding carboxylic acids is 1. The van der Waals surface area contributed by atoms with Gasteiger partial charge in [-0.3, -0.25) is 0 Å². The molecule has 0 saturated heterocycles. The fourth-order valence-corrected chi connectivity index (χ4v) is 3.55. The predicted octanol–water partition coefficient (Wildman–Crippen LogP) is -2.06. The normalized spacial score (nSPS) is 10.0. The summed E-state index contributed by atoms with van der Waals surface area (Å²) in [6.45, 7) is -0.410. The van der Waals surface area contributed by atoms with Gasteiger partial charge in [-0.2, -0.15) is 0 Å². The summed E-state index contributed by atoms with van der Waals surface area (Å²) in [6, 6.07) is 17.8. The maximum Gasteiger partial charge on any atom is 0.357 e. The quantitative estimate of drug-likeness (QED) is 0.581. The Morgan fingerprint density at radius 3 is 2.22 bits per heavy atom. The van der Waals surface area contributed by atoms with E-state index in [1.807, 2.05) is 30.3 Å². The van der Waals surface area contributed by atoms with E-state index in [4.69, 9.17) is 4.74 Å². The standard InChI is InChI=1S/C14H11IO3/c16-14(17)10-18-13-8-6-12(7-9-13)15-11-4-2-1-3-5-11/h1-9H,10H2. The molecule has 0 radical (unpaired) electrons. The summed E-state index contributed by atoms with van der Waals surface area (Å²) in [6.07, 6.45) is 0. The average molecular weight is 354 g/mol. The van der Waals surface area contributed by atoms with Crippen molar-refractivity contribution in [1.29, 1.82) is 0 Å². The Morgan fingerprint density at radius 1 is 1.00 bits per heavy atom. The fourth-order valence-electron chi connectivity index (χ4n) is 1.34. The summed E-state index contributed by atoms with van der Waals surface area (Å²) >= 11 is -0.191.